The van der Waals surface area contributed by atoms with Gasteiger partial charge in [-0.25, -0.2) is 0 Å². The molecule has 0 rings (SSSR count). The van der Waals surface area contributed by atoms with Gasteiger partial charge in [0.05, 0.1) is 0 Å². The standard InChI is InChI=1S/2C18H32O2/c2*1-2-3-4-5-6-7-8-9-10-11-12-13-14-15-16-17-18(19)20/h7-10H,2-6,11-17H2,1H3,(H,19,20);6-9H,2-5,10-17H2,1H3,(H,19,20). The summed E-state index contributed by atoms with van der Waals surface area (Å²) in [6.07, 6.45) is 44.6. The van der Waals surface area contributed by atoms with Crippen LogP contribution in [0.25, 0.3) is 0 Å². The fourth-order valence-corrected chi connectivity index (χ4v) is 4.21. The molecule has 0 aliphatic heterocycles. The first-order chi connectivity index (χ1) is 19.5. The van der Waals surface area contributed by atoms with Crippen LogP contribution in [-0.2, 0) is 9.59 Å². The van der Waals surface area contributed by atoms with E-state index >= 15 is 0 Å². The highest BCUT2D eigenvalue weighted by Gasteiger charge is 1.97. The van der Waals surface area contributed by atoms with Gasteiger partial charge in [-0.05, 0) is 64.2 Å². The molecule has 0 spiro atoms. The van der Waals surface area contributed by atoms with E-state index < -0.39 is 11.9 Å². The van der Waals surface area contributed by atoms with Crippen LogP contribution in [0.5, 0.6) is 0 Å². The fourth-order valence-electron chi connectivity index (χ4n) is 4.21. The summed E-state index contributed by atoms with van der Waals surface area (Å²) >= 11 is 0. The van der Waals surface area contributed by atoms with E-state index in [1.165, 1.54) is 96.3 Å². The fraction of sp³-hybridized carbons (Fsp3) is 0.722. The van der Waals surface area contributed by atoms with Gasteiger partial charge in [0.2, 0.25) is 0 Å². The van der Waals surface area contributed by atoms with Crippen LogP contribution >= 0.6 is 0 Å². The van der Waals surface area contributed by atoms with Crippen molar-refractivity contribution in [3.05, 3.63) is 48.6 Å². The zero-order valence-corrected chi connectivity index (χ0v) is 26.3. The van der Waals surface area contributed by atoms with Gasteiger partial charge in [0, 0.05) is 12.8 Å². The van der Waals surface area contributed by atoms with Crippen LogP contribution in [0.2, 0.25) is 0 Å². The molecule has 0 aliphatic carbocycles. The van der Waals surface area contributed by atoms with Crippen LogP contribution in [0.3, 0.4) is 0 Å². The highest BCUT2D eigenvalue weighted by Crippen LogP contribution is 2.10. The lowest BCUT2D eigenvalue weighted by atomic mass is 10.1. The number of hydrogen-bond acceptors (Lipinski definition) is 2. The summed E-state index contributed by atoms with van der Waals surface area (Å²) in [5, 5.41) is 17.0. The summed E-state index contributed by atoms with van der Waals surface area (Å²) in [4.78, 5) is 20.6. The molecule has 4 heteroatoms. The molecule has 2 N–H and O–H groups in total. The number of carboxylic acids is 2. The third-order valence-corrected chi connectivity index (χ3v) is 6.74. The van der Waals surface area contributed by atoms with Gasteiger partial charge < -0.3 is 10.2 Å². The minimum atomic E-state index is -0.672. The van der Waals surface area contributed by atoms with Gasteiger partial charge in [0.25, 0.3) is 0 Å². The van der Waals surface area contributed by atoms with Crippen LogP contribution in [-0.4, -0.2) is 22.2 Å². The van der Waals surface area contributed by atoms with Gasteiger partial charge in [-0.1, -0.05) is 140 Å². The monoisotopic (exact) mass is 560 g/mol. The molecule has 0 aliphatic rings. The minimum absolute atomic E-state index is 0.322. The molecule has 0 atom stereocenters. The maximum atomic E-state index is 10.3. The van der Waals surface area contributed by atoms with Crippen LogP contribution in [0.1, 0.15) is 168 Å². The Morgan fingerprint density at radius 2 is 0.650 bits per heavy atom. The van der Waals surface area contributed by atoms with Crippen LogP contribution in [0, 0.1) is 0 Å². The van der Waals surface area contributed by atoms with Gasteiger partial charge in [0.15, 0.2) is 0 Å². The Hall–Kier alpha value is -2.10. The lowest BCUT2D eigenvalue weighted by Crippen LogP contribution is -1.93. The van der Waals surface area contributed by atoms with Crippen molar-refractivity contribution in [1.29, 1.82) is 0 Å². The summed E-state index contributed by atoms with van der Waals surface area (Å²) < 4.78 is 0. The smallest absolute Gasteiger partial charge is 0.303 e. The zero-order valence-electron chi connectivity index (χ0n) is 26.3. The van der Waals surface area contributed by atoms with Gasteiger partial charge in [-0.15, -0.1) is 0 Å². The maximum Gasteiger partial charge on any atom is 0.303 e. The average Bonchev–Trinajstić information content (AvgIpc) is 2.93. The highest BCUT2D eigenvalue weighted by atomic mass is 16.4. The van der Waals surface area contributed by atoms with Gasteiger partial charge in [-0.2, -0.15) is 0 Å². The van der Waals surface area contributed by atoms with E-state index in [-0.39, 0.29) is 0 Å². The van der Waals surface area contributed by atoms with E-state index in [0.29, 0.717) is 12.8 Å². The third-order valence-electron chi connectivity index (χ3n) is 6.74. The van der Waals surface area contributed by atoms with E-state index in [0.717, 1.165) is 44.9 Å². The number of aliphatic carboxylic acids is 2. The Bertz CT molecular complexity index is 645. The predicted molar refractivity (Wildman–Crippen MR) is 174 cm³/mol. The number of rotatable bonds is 28. The molecule has 0 radical (unpaired) electrons. The molecule has 0 aromatic rings. The first-order valence-electron chi connectivity index (χ1n) is 16.6. The Kier molecular flexibility index (Phi) is 36.9. The van der Waals surface area contributed by atoms with Crippen LogP contribution in [0.4, 0.5) is 0 Å². The first-order valence-corrected chi connectivity index (χ1v) is 16.6. The second-order valence-electron chi connectivity index (χ2n) is 10.8. The third kappa shape index (κ3) is 43.0. The Morgan fingerprint density at radius 1 is 0.400 bits per heavy atom. The lowest BCUT2D eigenvalue weighted by molar-refractivity contribution is -0.138. The van der Waals surface area contributed by atoms with Crippen molar-refractivity contribution in [2.24, 2.45) is 0 Å². The van der Waals surface area contributed by atoms with Crippen LogP contribution in [0.15, 0.2) is 48.6 Å². The summed E-state index contributed by atoms with van der Waals surface area (Å²) in [7, 11) is 0. The summed E-state index contributed by atoms with van der Waals surface area (Å²) in [5.74, 6) is -1.34. The molecular formula is C36H64O4. The van der Waals surface area contributed by atoms with Gasteiger partial charge >= 0.3 is 11.9 Å². The molecule has 232 valence electrons. The van der Waals surface area contributed by atoms with Crippen molar-refractivity contribution in [2.75, 3.05) is 0 Å². The highest BCUT2D eigenvalue weighted by molar-refractivity contribution is 5.66. The maximum absolute atomic E-state index is 10.3. The van der Waals surface area contributed by atoms with Crippen molar-refractivity contribution in [2.45, 2.75) is 168 Å². The SMILES string of the molecule is CCCCCC=CC=CCCCCCCCCC(=O)O.CCCCCCC=CC=CCCCCCCCC(=O)O. The van der Waals surface area contributed by atoms with Crippen molar-refractivity contribution in [1.82, 2.24) is 0 Å². The lowest BCUT2D eigenvalue weighted by Gasteiger charge is -1.99. The molecule has 0 saturated heterocycles. The first kappa shape index (κ1) is 40.0. The summed E-state index contributed by atoms with van der Waals surface area (Å²) in [6, 6.07) is 0. The van der Waals surface area contributed by atoms with E-state index in [1.54, 1.807) is 0 Å². The zero-order chi connectivity index (χ0) is 29.8. The Morgan fingerprint density at radius 3 is 0.975 bits per heavy atom. The van der Waals surface area contributed by atoms with Crippen LogP contribution < -0.4 is 0 Å². The Balaban J connectivity index is 0. The van der Waals surface area contributed by atoms with Crippen molar-refractivity contribution < 1.29 is 19.8 Å². The molecule has 0 amide bonds. The summed E-state index contributed by atoms with van der Waals surface area (Å²) in [6.45, 7) is 4.47. The van der Waals surface area contributed by atoms with Crippen molar-refractivity contribution in [3.8, 4) is 0 Å². The number of allylic oxidation sites excluding steroid dienone is 8. The van der Waals surface area contributed by atoms with E-state index in [4.69, 9.17) is 10.2 Å². The number of carboxylic acid groups (broad SMARTS) is 2. The Labute approximate surface area is 248 Å². The second-order valence-corrected chi connectivity index (χ2v) is 10.8. The molecule has 0 saturated carbocycles. The van der Waals surface area contributed by atoms with E-state index in [9.17, 15) is 9.59 Å². The molecular weight excluding hydrogens is 496 g/mol. The molecule has 0 heterocycles. The van der Waals surface area contributed by atoms with Crippen molar-refractivity contribution in [3.63, 3.8) is 0 Å². The topological polar surface area (TPSA) is 74.6 Å². The minimum Gasteiger partial charge on any atom is -0.481 e. The quantitative estimate of drug-likeness (QED) is 0.0737. The summed E-state index contributed by atoms with van der Waals surface area (Å²) in [5.41, 5.74) is 0. The predicted octanol–water partition coefficient (Wildman–Crippen LogP) is 11.8. The molecule has 4 nitrogen and oxygen atoms in total. The van der Waals surface area contributed by atoms with Gasteiger partial charge in [-0.3, -0.25) is 9.59 Å². The van der Waals surface area contributed by atoms with Crippen molar-refractivity contribution >= 4 is 11.9 Å². The molecule has 0 unspecified atom stereocenters. The number of carbonyl (C=O) groups is 2. The van der Waals surface area contributed by atoms with Gasteiger partial charge in [0.1, 0.15) is 0 Å². The molecule has 0 bridgehead atoms. The largest absolute Gasteiger partial charge is 0.481 e. The number of hydrogen-bond donors (Lipinski definition) is 2. The van der Waals surface area contributed by atoms with E-state index in [1.807, 2.05) is 0 Å². The number of unbranched alkanes of at least 4 members (excludes halogenated alkanes) is 18. The molecule has 0 aromatic carbocycles. The normalized spacial score (nSPS) is 11.7. The average molecular weight is 561 g/mol. The second kappa shape index (κ2) is 36.9. The molecule has 0 aromatic heterocycles. The van der Waals surface area contributed by atoms with E-state index in [2.05, 4.69) is 62.5 Å². The molecule has 0 fully saturated rings. The molecule has 40 heavy (non-hydrogen) atoms.